The molecule has 0 unspecified atom stereocenters. The fourth-order valence-corrected chi connectivity index (χ4v) is 4.67. The number of unbranched alkanes of at least 4 members (excludes halogenated alkanes) is 10. The third kappa shape index (κ3) is 15.3. The molecule has 0 aliphatic carbocycles. The highest BCUT2D eigenvalue weighted by Gasteiger charge is 2.27. The smallest absolute Gasteiger partial charge is 0.0687 e. The Bertz CT molecular complexity index is 325. The van der Waals surface area contributed by atoms with E-state index >= 15 is 0 Å². The molecule has 29 heavy (non-hydrogen) atoms. The van der Waals surface area contributed by atoms with E-state index in [4.69, 9.17) is 5.73 Å². The zero-order valence-electron chi connectivity index (χ0n) is 19.8. The molecule has 174 valence electrons. The molecule has 5 N–H and O–H groups in total. The summed E-state index contributed by atoms with van der Waals surface area (Å²) in [5, 5.41) is 11.2. The Morgan fingerprint density at radius 3 is 1.69 bits per heavy atom. The van der Waals surface area contributed by atoms with Gasteiger partial charge in [-0.15, -0.1) is 0 Å². The maximum absolute atomic E-state index is 5.47. The summed E-state index contributed by atoms with van der Waals surface area (Å²) in [5.41, 5.74) is 5.67. The van der Waals surface area contributed by atoms with Gasteiger partial charge in [-0.2, -0.15) is 0 Å². The van der Waals surface area contributed by atoms with Crippen molar-refractivity contribution in [1.82, 2.24) is 16.0 Å². The van der Waals surface area contributed by atoms with E-state index in [2.05, 4.69) is 22.9 Å². The van der Waals surface area contributed by atoms with Crippen molar-refractivity contribution in [2.24, 2.45) is 5.73 Å². The zero-order valence-corrected chi connectivity index (χ0v) is 19.8. The van der Waals surface area contributed by atoms with Crippen molar-refractivity contribution in [3.05, 3.63) is 0 Å². The van der Waals surface area contributed by atoms with Crippen LogP contribution in [0, 0.1) is 0 Å². The summed E-state index contributed by atoms with van der Waals surface area (Å²) in [4.78, 5) is 0. The average Bonchev–Trinajstić information content (AvgIpc) is 2.74. The molecule has 1 fully saturated rings. The second-order valence-corrected chi connectivity index (χ2v) is 9.30. The van der Waals surface area contributed by atoms with E-state index in [0.717, 1.165) is 6.54 Å². The molecule has 1 rings (SSSR count). The monoisotopic (exact) mass is 410 g/mol. The molecule has 0 aromatic carbocycles. The molecule has 0 saturated carbocycles. The third-order valence-corrected chi connectivity index (χ3v) is 6.59. The Hall–Kier alpha value is -0.160. The van der Waals surface area contributed by atoms with Crippen LogP contribution in [0.15, 0.2) is 0 Å². The molecule has 0 atom stereocenters. The van der Waals surface area contributed by atoms with Crippen LogP contribution in [0.25, 0.3) is 0 Å². The van der Waals surface area contributed by atoms with E-state index in [1.807, 2.05) is 0 Å². The van der Waals surface area contributed by atoms with E-state index < -0.39 is 0 Å². The van der Waals surface area contributed by atoms with Gasteiger partial charge in [0.15, 0.2) is 0 Å². The van der Waals surface area contributed by atoms with Gasteiger partial charge in [0, 0.05) is 6.67 Å². The van der Waals surface area contributed by atoms with Gasteiger partial charge in [-0.05, 0) is 51.7 Å². The molecule has 0 spiro atoms. The highest BCUT2D eigenvalue weighted by atomic mass is 15.2. The van der Waals surface area contributed by atoms with E-state index in [0.29, 0.717) is 6.67 Å². The van der Waals surface area contributed by atoms with Crippen LogP contribution in [-0.4, -0.2) is 32.0 Å². The van der Waals surface area contributed by atoms with Crippen molar-refractivity contribution in [3.8, 4) is 0 Å². The molecule has 4 nitrogen and oxygen atoms in total. The first-order chi connectivity index (χ1) is 14.3. The van der Waals surface area contributed by atoms with Crippen molar-refractivity contribution in [2.75, 3.05) is 26.3 Å². The van der Waals surface area contributed by atoms with Gasteiger partial charge >= 0.3 is 0 Å². The van der Waals surface area contributed by atoms with Crippen molar-refractivity contribution >= 4 is 0 Å². The Morgan fingerprint density at radius 2 is 1.14 bits per heavy atom. The molecule has 0 aromatic rings. The van der Waals surface area contributed by atoms with Gasteiger partial charge in [-0.3, -0.25) is 10.6 Å². The predicted molar refractivity (Wildman–Crippen MR) is 129 cm³/mol. The van der Waals surface area contributed by atoms with Crippen molar-refractivity contribution < 1.29 is 0 Å². The number of rotatable bonds is 17. The van der Waals surface area contributed by atoms with Crippen LogP contribution < -0.4 is 21.7 Å². The SMILES string of the molecule is CCCCCCCCC1(CCCCCCCCNCN)NCCCCCCCN1. The van der Waals surface area contributed by atoms with Crippen LogP contribution >= 0.6 is 0 Å². The molecule has 0 bridgehead atoms. The third-order valence-electron chi connectivity index (χ3n) is 6.59. The van der Waals surface area contributed by atoms with Crippen molar-refractivity contribution in [2.45, 2.75) is 135 Å². The average molecular weight is 411 g/mol. The fraction of sp³-hybridized carbons (Fsp3) is 1.00. The topological polar surface area (TPSA) is 62.1 Å². The lowest BCUT2D eigenvalue weighted by Gasteiger charge is -2.37. The first kappa shape index (κ1) is 26.9. The van der Waals surface area contributed by atoms with Gasteiger partial charge in [-0.1, -0.05) is 96.8 Å². The summed E-state index contributed by atoms with van der Waals surface area (Å²) in [6.45, 7) is 6.38. The summed E-state index contributed by atoms with van der Waals surface area (Å²) < 4.78 is 0. The molecule has 1 aliphatic heterocycles. The lowest BCUT2D eigenvalue weighted by Crippen LogP contribution is -2.57. The molecular weight excluding hydrogens is 356 g/mol. The predicted octanol–water partition coefficient (Wildman–Crippen LogP) is 5.81. The van der Waals surface area contributed by atoms with Crippen LogP contribution in [0.1, 0.15) is 129 Å². The van der Waals surface area contributed by atoms with Crippen LogP contribution in [-0.2, 0) is 0 Å². The lowest BCUT2D eigenvalue weighted by molar-refractivity contribution is 0.200. The first-order valence-electron chi connectivity index (χ1n) is 13.2. The molecule has 4 heteroatoms. The molecule has 1 saturated heterocycles. The molecule has 0 amide bonds. The number of nitrogens with one attached hydrogen (secondary N) is 3. The minimum atomic E-state index is 0.202. The normalized spacial score (nSPS) is 18.0. The summed E-state index contributed by atoms with van der Waals surface area (Å²) in [7, 11) is 0. The van der Waals surface area contributed by atoms with Crippen molar-refractivity contribution in [3.63, 3.8) is 0 Å². The summed E-state index contributed by atoms with van der Waals surface area (Å²) >= 11 is 0. The zero-order chi connectivity index (χ0) is 20.9. The van der Waals surface area contributed by atoms with E-state index in [1.165, 1.54) is 135 Å². The molecule has 0 radical (unpaired) electrons. The number of nitrogens with two attached hydrogens (primary N) is 1. The second-order valence-electron chi connectivity index (χ2n) is 9.30. The second kappa shape index (κ2) is 19.8. The van der Waals surface area contributed by atoms with E-state index in [1.54, 1.807) is 0 Å². The minimum Gasteiger partial charge on any atom is -0.318 e. The van der Waals surface area contributed by atoms with Crippen LogP contribution in [0.5, 0.6) is 0 Å². The Balaban J connectivity index is 2.33. The Morgan fingerprint density at radius 1 is 0.655 bits per heavy atom. The Kier molecular flexibility index (Phi) is 18.3. The summed E-state index contributed by atoms with van der Waals surface area (Å²) in [5.74, 6) is 0. The quantitative estimate of drug-likeness (QED) is 0.180. The van der Waals surface area contributed by atoms with E-state index in [9.17, 15) is 0 Å². The molecule has 1 aliphatic rings. The van der Waals surface area contributed by atoms with Gasteiger partial charge in [0.1, 0.15) is 0 Å². The fourth-order valence-electron chi connectivity index (χ4n) is 4.67. The lowest BCUT2D eigenvalue weighted by atomic mass is 9.92. The van der Waals surface area contributed by atoms with Gasteiger partial charge in [0.05, 0.1) is 5.66 Å². The highest BCUT2D eigenvalue weighted by molar-refractivity contribution is 4.86. The summed E-state index contributed by atoms with van der Waals surface area (Å²) in [6, 6.07) is 0. The van der Waals surface area contributed by atoms with Gasteiger partial charge in [0.25, 0.3) is 0 Å². The van der Waals surface area contributed by atoms with Gasteiger partial charge in [-0.25, -0.2) is 0 Å². The standard InChI is InChI=1S/C25H54N4/c1-2-3-4-5-9-14-19-25(28-22-17-12-8-13-18-23-29-25)20-15-10-6-7-11-16-21-27-24-26/h27-29H,2-24,26H2,1H3. The van der Waals surface area contributed by atoms with Crippen LogP contribution in [0.4, 0.5) is 0 Å². The maximum atomic E-state index is 5.47. The maximum Gasteiger partial charge on any atom is 0.0687 e. The highest BCUT2D eigenvalue weighted by Crippen LogP contribution is 2.23. The Labute approximate surface area is 182 Å². The first-order valence-corrected chi connectivity index (χ1v) is 13.2. The van der Waals surface area contributed by atoms with E-state index in [-0.39, 0.29) is 5.66 Å². The van der Waals surface area contributed by atoms with Gasteiger partial charge < -0.3 is 11.1 Å². The number of hydrogen-bond acceptors (Lipinski definition) is 4. The molecule has 0 aromatic heterocycles. The van der Waals surface area contributed by atoms with Crippen LogP contribution in [0.2, 0.25) is 0 Å². The van der Waals surface area contributed by atoms with Crippen LogP contribution in [0.3, 0.4) is 0 Å². The molecule has 1 heterocycles. The largest absolute Gasteiger partial charge is 0.318 e. The number of hydrogen-bond donors (Lipinski definition) is 4. The van der Waals surface area contributed by atoms with Crippen molar-refractivity contribution in [1.29, 1.82) is 0 Å². The molecular formula is C25H54N4. The summed E-state index contributed by atoms with van der Waals surface area (Å²) in [6.07, 6.45) is 26.0. The minimum absolute atomic E-state index is 0.202. The van der Waals surface area contributed by atoms with Gasteiger partial charge in [0.2, 0.25) is 0 Å².